The summed E-state index contributed by atoms with van der Waals surface area (Å²) in [5, 5.41) is 15.0. The lowest BCUT2D eigenvalue weighted by atomic mass is 10.2. The van der Waals surface area contributed by atoms with Crippen molar-refractivity contribution >= 4 is 27.4 Å². The quantitative estimate of drug-likeness (QED) is 0.848. The van der Waals surface area contributed by atoms with Crippen LogP contribution in [-0.2, 0) is 14.8 Å². The number of carbonyl (C=O) groups excluding carboxylic acids is 1. The van der Waals surface area contributed by atoms with E-state index in [-0.39, 0.29) is 24.7 Å². The molecule has 1 aromatic heterocycles. The summed E-state index contributed by atoms with van der Waals surface area (Å²) in [4.78, 5) is 12.0. The molecule has 0 aliphatic heterocycles. The summed E-state index contributed by atoms with van der Waals surface area (Å²) >= 11 is 0. The van der Waals surface area contributed by atoms with Gasteiger partial charge in [-0.2, -0.15) is 5.26 Å². The fourth-order valence-electron chi connectivity index (χ4n) is 1.98. The van der Waals surface area contributed by atoms with Crippen LogP contribution >= 0.6 is 0 Å². The maximum absolute atomic E-state index is 12.0. The number of sulfonamides is 1. The molecule has 24 heavy (non-hydrogen) atoms. The number of amides is 1. The van der Waals surface area contributed by atoms with E-state index < -0.39 is 10.0 Å². The van der Waals surface area contributed by atoms with Crippen molar-refractivity contribution in [3.8, 4) is 6.07 Å². The smallest absolute Gasteiger partial charge is 0.233 e. The van der Waals surface area contributed by atoms with Gasteiger partial charge < -0.3 is 9.84 Å². The first kappa shape index (κ1) is 17.5. The summed E-state index contributed by atoms with van der Waals surface area (Å²) in [5.41, 5.74) is 1.01. The first-order valence-electron chi connectivity index (χ1n) is 7.00. The molecule has 0 fully saturated rings. The van der Waals surface area contributed by atoms with E-state index in [4.69, 9.17) is 9.78 Å². The zero-order valence-corrected chi connectivity index (χ0v) is 14.0. The summed E-state index contributed by atoms with van der Waals surface area (Å²) in [7, 11) is -3.59. The monoisotopic (exact) mass is 348 g/mol. The number of nitrogens with zero attached hydrogens (tertiary/aromatic N) is 3. The van der Waals surface area contributed by atoms with Crippen LogP contribution in [0.2, 0.25) is 0 Å². The van der Waals surface area contributed by atoms with Crippen LogP contribution in [0, 0.1) is 18.3 Å². The number of carbonyl (C=O) groups is 1. The van der Waals surface area contributed by atoms with Gasteiger partial charge in [-0.3, -0.25) is 9.10 Å². The van der Waals surface area contributed by atoms with Crippen LogP contribution in [0.4, 0.5) is 11.5 Å². The number of hydrogen-bond acceptors (Lipinski definition) is 6. The Morgan fingerprint density at radius 1 is 1.38 bits per heavy atom. The molecular formula is C15H16N4O4S. The molecule has 8 nitrogen and oxygen atoms in total. The molecule has 0 bridgehead atoms. The summed E-state index contributed by atoms with van der Waals surface area (Å²) < 4.78 is 29.6. The van der Waals surface area contributed by atoms with Crippen molar-refractivity contribution in [2.24, 2.45) is 0 Å². The third kappa shape index (κ3) is 4.57. The Morgan fingerprint density at radius 3 is 2.54 bits per heavy atom. The Bertz CT molecular complexity index is 866. The molecule has 0 saturated carbocycles. The fourth-order valence-corrected chi connectivity index (χ4v) is 2.82. The third-order valence-electron chi connectivity index (χ3n) is 3.11. The normalized spacial score (nSPS) is 10.9. The molecule has 1 N–H and O–H groups in total. The fraction of sp³-hybridized carbons (Fsp3) is 0.267. The summed E-state index contributed by atoms with van der Waals surface area (Å²) in [6.07, 6.45) is 0.981. The summed E-state index contributed by atoms with van der Waals surface area (Å²) in [6.45, 7) is 1.58. The predicted octanol–water partition coefficient (Wildman–Crippen LogP) is 1.65. The predicted molar refractivity (Wildman–Crippen MR) is 87.8 cm³/mol. The molecule has 0 unspecified atom stereocenters. The minimum absolute atomic E-state index is 0.0566. The molecule has 0 aliphatic rings. The van der Waals surface area contributed by atoms with Crippen LogP contribution in [-0.4, -0.2) is 32.3 Å². The van der Waals surface area contributed by atoms with E-state index in [1.165, 1.54) is 6.07 Å². The lowest BCUT2D eigenvalue weighted by molar-refractivity contribution is -0.116. The van der Waals surface area contributed by atoms with Crippen LogP contribution in [0.25, 0.3) is 0 Å². The van der Waals surface area contributed by atoms with Crippen LogP contribution in [0.15, 0.2) is 34.9 Å². The van der Waals surface area contributed by atoms with Crippen LogP contribution < -0.4 is 9.62 Å². The van der Waals surface area contributed by atoms with Crippen molar-refractivity contribution in [1.29, 1.82) is 5.26 Å². The standard InChI is InChI=1S/C15H16N4O4S/c1-11-9-14(18-23-11)19(24(2,21)22)8-7-15(20)17-13-5-3-12(10-16)4-6-13/h3-6,9H,7-8H2,1-2H3,(H,17,20). The molecule has 2 aromatic rings. The highest BCUT2D eigenvalue weighted by atomic mass is 32.2. The van der Waals surface area contributed by atoms with Crippen LogP contribution in [0.1, 0.15) is 17.7 Å². The Morgan fingerprint density at radius 2 is 2.04 bits per heavy atom. The van der Waals surface area contributed by atoms with E-state index in [1.54, 1.807) is 31.2 Å². The number of nitrogens with one attached hydrogen (secondary N) is 1. The van der Waals surface area contributed by atoms with E-state index in [2.05, 4.69) is 10.5 Å². The van der Waals surface area contributed by atoms with E-state index in [1.807, 2.05) is 6.07 Å². The Balaban J connectivity index is 2.01. The maximum Gasteiger partial charge on any atom is 0.233 e. The summed E-state index contributed by atoms with van der Waals surface area (Å²) in [6, 6.07) is 9.83. The molecule has 0 spiro atoms. The molecule has 0 aliphatic carbocycles. The van der Waals surface area contributed by atoms with Gasteiger partial charge in [0.05, 0.1) is 17.9 Å². The Hall–Kier alpha value is -2.86. The van der Waals surface area contributed by atoms with Gasteiger partial charge >= 0.3 is 0 Å². The second-order valence-corrected chi connectivity index (χ2v) is 7.03. The molecule has 1 amide bonds. The van der Waals surface area contributed by atoms with Gasteiger partial charge in [-0.05, 0) is 31.2 Å². The average Bonchev–Trinajstić information content (AvgIpc) is 2.93. The molecule has 126 valence electrons. The lowest BCUT2D eigenvalue weighted by Gasteiger charge is -2.18. The van der Waals surface area contributed by atoms with Gasteiger partial charge in [0.1, 0.15) is 5.76 Å². The second-order valence-electron chi connectivity index (χ2n) is 5.12. The molecule has 0 radical (unpaired) electrons. The maximum atomic E-state index is 12.0. The SMILES string of the molecule is Cc1cc(N(CCC(=O)Nc2ccc(C#N)cc2)S(C)(=O)=O)no1. The Kier molecular flexibility index (Phi) is 5.21. The molecule has 0 saturated heterocycles. The van der Waals surface area contributed by atoms with Gasteiger partial charge in [-0.15, -0.1) is 0 Å². The minimum Gasteiger partial charge on any atom is -0.360 e. The minimum atomic E-state index is -3.59. The summed E-state index contributed by atoms with van der Waals surface area (Å²) in [5.74, 6) is 0.260. The molecule has 1 heterocycles. The van der Waals surface area contributed by atoms with E-state index >= 15 is 0 Å². The van der Waals surface area contributed by atoms with Crippen molar-refractivity contribution < 1.29 is 17.7 Å². The molecule has 1 aromatic carbocycles. The number of benzene rings is 1. The number of anilines is 2. The van der Waals surface area contributed by atoms with Crippen molar-refractivity contribution in [3.63, 3.8) is 0 Å². The van der Waals surface area contributed by atoms with Crippen LogP contribution in [0.3, 0.4) is 0 Å². The van der Waals surface area contributed by atoms with Crippen LogP contribution in [0.5, 0.6) is 0 Å². The zero-order valence-electron chi connectivity index (χ0n) is 13.2. The average molecular weight is 348 g/mol. The number of aromatic nitrogens is 1. The van der Waals surface area contributed by atoms with Crippen molar-refractivity contribution in [3.05, 3.63) is 41.7 Å². The third-order valence-corrected chi connectivity index (χ3v) is 4.28. The second kappa shape index (κ2) is 7.14. The number of hydrogen-bond donors (Lipinski definition) is 1. The van der Waals surface area contributed by atoms with Gasteiger partial charge in [-0.25, -0.2) is 8.42 Å². The zero-order chi connectivity index (χ0) is 17.7. The van der Waals surface area contributed by atoms with Crippen molar-refractivity contribution in [2.45, 2.75) is 13.3 Å². The molecule has 9 heteroatoms. The first-order chi connectivity index (χ1) is 11.3. The van der Waals surface area contributed by atoms with Gasteiger partial charge in [0.2, 0.25) is 15.9 Å². The highest BCUT2D eigenvalue weighted by molar-refractivity contribution is 7.92. The molecular weight excluding hydrogens is 332 g/mol. The number of aryl methyl sites for hydroxylation is 1. The first-order valence-corrected chi connectivity index (χ1v) is 8.85. The Labute approximate surface area is 139 Å². The van der Waals surface area contributed by atoms with E-state index in [9.17, 15) is 13.2 Å². The number of rotatable bonds is 6. The van der Waals surface area contributed by atoms with Crippen molar-refractivity contribution in [1.82, 2.24) is 5.16 Å². The van der Waals surface area contributed by atoms with Gasteiger partial charge in [-0.1, -0.05) is 5.16 Å². The number of nitriles is 1. The highest BCUT2D eigenvalue weighted by Gasteiger charge is 2.21. The van der Waals surface area contributed by atoms with Gasteiger partial charge in [0.25, 0.3) is 0 Å². The molecule has 0 atom stereocenters. The van der Waals surface area contributed by atoms with Crippen molar-refractivity contribution in [2.75, 3.05) is 22.4 Å². The van der Waals surface area contributed by atoms with E-state index in [0.717, 1.165) is 10.6 Å². The highest BCUT2D eigenvalue weighted by Crippen LogP contribution is 2.17. The lowest BCUT2D eigenvalue weighted by Crippen LogP contribution is -2.33. The largest absolute Gasteiger partial charge is 0.360 e. The topological polar surface area (TPSA) is 116 Å². The molecule has 2 rings (SSSR count). The van der Waals surface area contributed by atoms with Gasteiger partial charge in [0.15, 0.2) is 5.82 Å². The van der Waals surface area contributed by atoms with Gasteiger partial charge in [0, 0.05) is 24.7 Å². The van der Waals surface area contributed by atoms with E-state index in [0.29, 0.717) is 17.0 Å².